The van der Waals surface area contributed by atoms with E-state index in [2.05, 4.69) is 88.3 Å². The van der Waals surface area contributed by atoms with Gasteiger partial charge in [0, 0.05) is 6.54 Å². The van der Waals surface area contributed by atoms with Crippen molar-refractivity contribution < 1.29 is 9.47 Å². The van der Waals surface area contributed by atoms with E-state index in [9.17, 15) is 0 Å². The highest BCUT2D eigenvalue weighted by Gasteiger charge is 2.16. The van der Waals surface area contributed by atoms with Gasteiger partial charge >= 0.3 is 0 Å². The Morgan fingerprint density at radius 3 is 1.83 bits per heavy atom. The van der Waals surface area contributed by atoms with Crippen LogP contribution in [0.2, 0.25) is 0 Å². The first-order valence-corrected chi connectivity index (χ1v) is 11.2. The lowest BCUT2D eigenvalue weighted by atomic mass is 9.85. The molecule has 0 bridgehead atoms. The smallest absolute Gasteiger partial charge is 0.120 e. The number of likely N-dealkylation sites (N-methyl/N-ethyl adjacent to an activating group) is 1. The van der Waals surface area contributed by atoms with Gasteiger partial charge in [0.2, 0.25) is 0 Å². The molecule has 1 aliphatic carbocycles. The van der Waals surface area contributed by atoms with Crippen LogP contribution in [-0.4, -0.2) is 37.7 Å². The average molecular weight is 408 g/mol. The number of nitrogens with zero attached hydrogens (tertiary/aromatic N) is 1. The molecular formula is C27H37NO2. The van der Waals surface area contributed by atoms with Crippen LogP contribution < -0.4 is 9.47 Å². The summed E-state index contributed by atoms with van der Waals surface area (Å²) in [6.07, 6.45) is 6.30. The molecule has 2 aromatic carbocycles. The molecule has 0 unspecified atom stereocenters. The van der Waals surface area contributed by atoms with Crippen molar-refractivity contribution in [1.29, 1.82) is 0 Å². The van der Waals surface area contributed by atoms with Gasteiger partial charge in [0.25, 0.3) is 0 Å². The highest BCUT2D eigenvalue weighted by Crippen LogP contribution is 2.36. The topological polar surface area (TPSA) is 21.7 Å². The fourth-order valence-electron chi connectivity index (χ4n) is 3.91. The van der Waals surface area contributed by atoms with Gasteiger partial charge < -0.3 is 14.4 Å². The minimum absolute atomic E-state index is 0.186. The molecule has 3 heteroatoms. The van der Waals surface area contributed by atoms with Gasteiger partial charge in [-0.05, 0) is 102 Å². The maximum atomic E-state index is 6.02. The summed E-state index contributed by atoms with van der Waals surface area (Å²) < 4.78 is 11.9. The molecule has 1 saturated carbocycles. The minimum Gasteiger partial charge on any atom is -0.492 e. The summed E-state index contributed by atoms with van der Waals surface area (Å²) in [6.45, 7) is 7.87. The van der Waals surface area contributed by atoms with Crippen LogP contribution in [0.1, 0.15) is 64.0 Å². The Morgan fingerprint density at radius 2 is 1.33 bits per heavy atom. The van der Waals surface area contributed by atoms with Crippen molar-refractivity contribution in [2.75, 3.05) is 27.2 Å². The highest BCUT2D eigenvalue weighted by atomic mass is 16.5. The minimum atomic E-state index is -0.186. The fraction of sp³-hybridized carbons (Fsp3) is 0.481. The Hall–Kier alpha value is -2.26. The zero-order valence-electron chi connectivity index (χ0n) is 19.3. The van der Waals surface area contributed by atoms with Crippen molar-refractivity contribution in [3.8, 4) is 11.5 Å². The Balaban J connectivity index is 1.85. The van der Waals surface area contributed by atoms with Crippen LogP contribution in [0.3, 0.4) is 0 Å². The fourth-order valence-corrected chi connectivity index (χ4v) is 3.91. The molecule has 162 valence electrons. The van der Waals surface area contributed by atoms with Gasteiger partial charge in [-0.3, -0.25) is 0 Å². The van der Waals surface area contributed by atoms with Crippen LogP contribution in [0.15, 0.2) is 54.1 Å². The van der Waals surface area contributed by atoms with Gasteiger partial charge in [-0.15, -0.1) is 0 Å². The van der Waals surface area contributed by atoms with Gasteiger partial charge in [0.1, 0.15) is 23.7 Å². The third-order valence-electron chi connectivity index (χ3n) is 5.33. The molecule has 0 aromatic heterocycles. The first kappa shape index (κ1) is 22.4. The standard InChI is InChI=1S/C27H37NO2/c1-27(2,3)30-25-17-13-23(14-18-25)26(21-9-7-6-8-10-21)22-11-15-24(16-12-22)29-20-19-28(4)5/h11-18H,6-10,19-20H2,1-5H3. The summed E-state index contributed by atoms with van der Waals surface area (Å²) in [5.74, 6) is 1.85. The largest absolute Gasteiger partial charge is 0.492 e. The zero-order valence-corrected chi connectivity index (χ0v) is 19.3. The second-order valence-corrected chi connectivity index (χ2v) is 9.45. The van der Waals surface area contributed by atoms with E-state index in [1.54, 1.807) is 5.57 Å². The summed E-state index contributed by atoms with van der Waals surface area (Å²) in [6, 6.07) is 17.2. The lowest BCUT2D eigenvalue weighted by molar-refractivity contribution is 0.131. The molecule has 0 N–H and O–H groups in total. The first-order valence-electron chi connectivity index (χ1n) is 11.2. The summed E-state index contributed by atoms with van der Waals surface area (Å²) in [7, 11) is 4.12. The number of allylic oxidation sites excluding steroid dienone is 1. The predicted molar refractivity (Wildman–Crippen MR) is 126 cm³/mol. The van der Waals surface area contributed by atoms with Crippen molar-refractivity contribution in [2.45, 2.75) is 58.5 Å². The number of hydrogen-bond acceptors (Lipinski definition) is 3. The summed E-state index contributed by atoms with van der Waals surface area (Å²) in [5, 5.41) is 0. The van der Waals surface area contributed by atoms with Crippen LogP contribution in [0.4, 0.5) is 0 Å². The molecular weight excluding hydrogens is 370 g/mol. The van der Waals surface area contributed by atoms with E-state index in [0.717, 1.165) is 18.0 Å². The third-order valence-corrected chi connectivity index (χ3v) is 5.33. The quantitative estimate of drug-likeness (QED) is 0.518. The normalized spacial score (nSPS) is 14.7. The average Bonchev–Trinajstić information content (AvgIpc) is 2.70. The maximum Gasteiger partial charge on any atom is 0.120 e. The molecule has 3 nitrogen and oxygen atoms in total. The lowest BCUT2D eigenvalue weighted by Crippen LogP contribution is -2.22. The Bertz CT molecular complexity index is 819. The second-order valence-electron chi connectivity index (χ2n) is 9.45. The van der Waals surface area contributed by atoms with E-state index in [-0.39, 0.29) is 5.60 Å². The van der Waals surface area contributed by atoms with Gasteiger partial charge in [-0.2, -0.15) is 0 Å². The molecule has 0 saturated heterocycles. The monoisotopic (exact) mass is 407 g/mol. The number of rotatable bonds is 7. The van der Waals surface area contributed by atoms with Crippen molar-refractivity contribution in [3.05, 3.63) is 65.2 Å². The maximum absolute atomic E-state index is 6.02. The first-order chi connectivity index (χ1) is 14.3. The molecule has 1 aliphatic rings. The van der Waals surface area contributed by atoms with E-state index in [1.165, 1.54) is 48.8 Å². The van der Waals surface area contributed by atoms with Crippen LogP contribution in [0, 0.1) is 0 Å². The molecule has 0 spiro atoms. The van der Waals surface area contributed by atoms with Gasteiger partial charge in [-0.25, -0.2) is 0 Å². The number of hydrogen-bond donors (Lipinski definition) is 0. The Kier molecular flexibility index (Phi) is 7.60. The number of benzene rings is 2. The van der Waals surface area contributed by atoms with E-state index >= 15 is 0 Å². The summed E-state index contributed by atoms with van der Waals surface area (Å²) >= 11 is 0. The highest BCUT2D eigenvalue weighted by molar-refractivity contribution is 5.82. The second kappa shape index (κ2) is 10.2. The Labute approximate surface area is 182 Å². The molecule has 0 amide bonds. The third kappa shape index (κ3) is 6.63. The van der Waals surface area contributed by atoms with Gasteiger partial charge in [0.05, 0.1) is 0 Å². The molecule has 0 radical (unpaired) electrons. The lowest BCUT2D eigenvalue weighted by Gasteiger charge is -2.23. The predicted octanol–water partition coefficient (Wildman–Crippen LogP) is 6.57. The van der Waals surface area contributed by atoms with Crippen LogP contribution in [-0.2, 0) is 0 Å². The van der Waals surface area contributed by atoms with Crippen molar-refractivity contribution >= 4 is 5.57 Å². The Morgan fingerprint density at radius 1 is 0.800 bits per heavy atom. The van der Waals surface area contributed by atoms with Crippen molar-refractivity contribution in [3.63, 3.8) is 0 Å². The van der Waals surface area contributed by atoms with Crippen molar-refractivity contribution in [1.82, 2.24) is 4.90 Å². The number of ether oxygens (including phenoxy) is 2. The molecule has 0 atom stereocenters. The SMILES string of the molecule is CN(C)CCOc1ccc(C(=C2CCCCC2)c2ccc(OC(C)(C)C)cc2)cc1. The molecule has 1 fully saturated rings. The van der Waals surface area contributed by atoms with Crippen LogP contribution >= 0.6 is 0 Å². The van der Waals surface area contributed by atoms with E-state index in [0.29, 0.717) is 6.61 Å². The molecule has 2 aromatic rings. The van der Waals surface area contributed by atoms with Crippen LogP contribution in [0.25, 0.3) is 5.57 Å². The zero-order chi connectivity index (χ0) is 21.6. The van der Waals surface area contributed by atoms with Gasteiger partial charge in [0.15, 0.2) is 0 Å². The molecule has 30 heavy (non-hydrogen) atoms. The van der Waals surface area contributed by atoms with Crippen molar-refractivity contribution in [2.24, 2.45) is 0 Å². The van der Waals surface area contributed by atoms with E-state index in [4.69, 9.17) is 9.47 Å². The van der Waals surface area contributed by atoms with E-state index in [1.807, 2.05) is 0 Å². The molecule has 0 aliphatic heterocycles. The van der Waals surface area contributed by atoms with Gasteiger partial charge in [-0.1, -0.05) is 36.3 Å². The summed E-state index contributed by atoms with van der Waals surface area (Å²) in [4.78, 5) is 2.13. The van der Waals surface area contributed by atoms with Crippen LogP contribution in [0.5, 0.6) is 11.5 Å². The molecule has 3 rings (SSSR count). The van der Waals surface area contributed by atoms with E-state index < -0.39 is 0 Å². The molecule has 0 heterocycles. The summed E-state index contributed by atoms with van der Waals surface area (Å²) in [5.41, 5.74) is 5.32.